The number of benzene rings is 2. The third-order valence-corrected chi connectivity index (χ3v) is 3.85. The fourth-order valence-electron chi connectivity index (χ4n) is 2.39. The van der Waals surface area contributed by atoms with E-state index in [2.05, 4.69) is 5.32 Å². The Labute approximate surface area is 151 Å². The summed E-state index contributed by atoms with van der Waals surface area (Å²) in [6.07, 6.45) is 0. The minimum absolute atomic E-state index is 0.0856. The molecule has 0 saturated heterocycles. The molecule has 1 amide bonds. The lowest BCUT2D eigenvalue weighted by Gasteiger charge is -2.13. The van der Waals surface area contributed by atoms with Crippen molar-refractivity contribution >= 4 is 17.3 Å². The van der Waals surface area contributed by atoms with Gasteiger partial charge in [-0.25, -0.2) is 0 Å². The maximum absolute atomic E-state index is 12.5. The summed E-state index contributed by atoms with van der Waals surface area (Å²) >= 11 is 0. The number of amides is 1. The van der Waals surface area contributed by atoms with Crippen molar-refractivity contribution in [1.82, 2.24) is 5.32 Å². The summed E-state index contributed by atoms with van der Waals surface area (Å²) < 4.78 is 10.2. The fraction of sp³-hybridized carbons (Fsp3) is 0.278. The van der Waals surface area contributed by atoms with E-state index in [0.29, 0.717) is 0 Å². The van der Waals surface area contributed by atoms with Crippen LogP contribution < -0.4 is 19.7 Å². The van der Waals surface area contributed by atoms with Crippen molar-refractivity contribution in [1.29, 1.82) is 0 Å². The van der Waals surface area contributed by atoms with E-state index >= 15 is 0 Å². The lowest BCUT2D eigenvalue weighted by Crippen LogP contribution is -2.24. The predicted molar refractivity (Wildman–Crippen MR) is 98.1 cm³/mol. The number of nitro groups is 1. The zero-order valence-corrected chi connectivity index (χ0v) is 15.1. The second kappa shape index (κ2) is 8.19. The highest BCUT2D eigenvalue weighted by molar-refractivity contribution is 5.99. The molecule has 0 radical (unpaired) electrons. The molecule has 2 rings (SSSR count). The van der Waals surface area contributed by atoms with Gasteiger partial charge in [0.2, 0.25) is 0 Å². The van der Waals surface area contributed by atoms with Crippen LogP contribution in [0.15, 0.2) is 36.4 Å². The smallest absolute Gasteiger partial charge is 0.286 e. The molecular formula is C18H21N3O5. The molecule has 0 heterocycles. The summed E-state index contributed by atoms with van der Waals surface area (Å²) in [4.78, 5) is 25.1. The Hall–Kier alpha value is -3.29. The number of carbonyl (C=O) groups excluding carboxylic acids is 1. The van der Waals surface area contributed by atoms with Crippen LogP contribution >= 0.6 is 0 Å². The van der Waals surface area contributed by atoms with Crippen LogP contribution in [0.3, 0.4) is 0 Å². The first-order valence-electron chi connectivity index (χ1n) is 7.82. The number of rotatable bonds is 7. The van der Waals surface area contributed by atoms with Crippen LogP contribution in [0.25, 0.3) is 0 Å². The van der Waals surface area contributed by atoms with Crippen molar-refractivity contribution in [2.75, 3.05) is 33.2 Å². The van der Waals surface area contributed by atoms with Crippen molar-refractivity contribution in [2.45, 2.75) is 6.54 Å². The molecule has 0 aliphatic rings. The van der Waals surface area contributed by atoms with Crippen molar-refractivity contribution < 1.29 is 19.2 Å². The van der Waals surface area contributed by atoms with Crippen molar-refractivity contribution in [3.8, 4) is 11.5 Å². The summed E-state index contributed by atoms with van der Waals surface area (Å²) in [5, 5.41) is 14.0. The number of hydrogen-bond acceptors (Lipinski definition) is 6. The van der Waals surface area contributed by atoms with E-state index in [1.54, 1.807) is 0 Å². The largest absolute Gasteiger partial charge is 0.493 e. The Morgan fingerprint density at radius 1 is 1.12 bits per heavy atom. The van der Waals surface area contributed by atoms with Gasteiger partial charge in [0.1, 0.15) is 5.56 Å². The molecule has 138 valence electrons. The van der Waals surface area contributed by atoms with Gasteiger partial charge in [-0.15, -0.1) is 0 Å². The highest BCUT2D eigenvalue weighted by atomic mass is 16.6. The molecule has 0 aliphatic carbocycles. The first-order chi connectivity index (χ1) is 12.4. The molecule has 8 heteroatoms. The second-order valence-corrected chi connectivity index (χ2v) is 5.73. The first-order valence-corrected chi connectivity index (χ1v) is 7.82. The highest BCUT2D eigenvalue weighted by Gasteiger charge is 2.24. The van der Waals surface area contributed by atoms with Gasteiger partial charge in [-0.05, 0) is 17.7 Å². The highest BCUT2D eigenvalue weighted by Crippen LogP contribution is 2.34. The van der Waals surface area contributed by atoms with E-state index in [-0.39, 0.29) is 29.3 Å². The van der Waals surface area contributed by atoms with E-state index in [1.807, 2.05) is 43.3 Å². The van der Waals surface area contributed by atoms with Gasteiger partial charge in [0, 0.05) is 32.4 Å². The number of carbonyl (C=O) groups is 1. The summed E-state index contributed by atoms with van der Waals surface area (Å²) in [5.41, 5.74) is 1.49. The van der Waals surface area contributed by atoms with Gasteiger partial charge in [0.25, 0.3) is 11.6 Å². The average Bonchev–Trinajstić information content (AvgIpc) is 2.65. The van der Waals surface area contributed by atoms with Gasteiger partial charge < -0.3 is 19.7 Å². The maximum atomic E-state index is 12.5. The van der Waals surface area contributed by atoms with E-state index in [0.717, 1.165) is 11.3 Å². The third-order valence-electron chi connectivity index (χ3n) is 3.85. The molecule has 0 unspecified atom stereocenters. The molecule has 26 heavy (non-hydrogen) atoms. The molecule has 0 aliphatic heterocycles. The van der Waals surface area contributed by atoms with Crippen LogP contribution in [0.5, 0.6) is 11.5 Å². The van der Waals surface area contributed by atoms with Gasteiger partial charge in [0.05, 0.1) is 25.2 Å². The van der Waals surface area contributed by atoms with Gasteiger partial charge in [-0.1, -0.05) is 12.1 Å². The van der Waals surface area contributed by atoms with Crippen molar-refractivity contribution in [2.24, 2.45) is 0 Å². The molecule has 8 nitrogen and oxygen atoms in total. The molecule has 0 atom stereocenters. The van der Waals surface area contributed by atoms with Crippen molar-refractivity contribution in [3.05, 3.63) is 57.6 Å². The Bertz CT molecular complexity index is 803. The number of hydrogen-bond donors (Lipinski definition) is 1. The Morgan fingerprint density at radius 2 is 1.69 bits per heavy atom. The normalized spacial score (nSPS) is 10.2. The summed E-state index contributed by atoms with van der Waals surface area (Å²) in [6, 6.07) is 10.1. The van der Waals surface area contributed by atoms with Crippen LogP contribution in [0.4, 0.5) is 11.4 Å². The zero-order chi connectivity index (χ0) is 19.3. The second-order valence-electron chi connectivity index (χ2n) is 5.73. The van der Waals surface area contributed by atoms with E-state index in [9.17, 15) is 14.9 Å². The Kier molecular flexibility index (Phi) is 6.00. The third kappa shape index (κ3) is 4.21. The van der Waals surface area contributed by atoms with E-state index in [4.69, 9.17) is 9.47 Å². The lowest BCUT2D eigenvalue weighted by molar-refractivity contribution is -0.385. The molecular weight excluding hydrogens is 338 g/mol. The maximum Gasteiger partial charge on any atom is 0.286 e. The van der Waals surface area contributed by atoms with Gasteiger partial charge in [-0.3, -0.25) is 14.9 Å². The Balaban J connectivity index is 2.21. The van der Waals surface area contributed by atoms with Gasteiger partial charge in [-0.2, -0.15) is 0 Å². The minimum atomic E-state index is -0.622. The molecule has 0 fully saturated rings. The molecule has 2 aromatic rings. The van der Waals surface area contributed by atoms with Crippen LogP contribution in [-0.4, -0.2) is 39.1 Å². The quantitative estimate of drug-likeness (QED) is 0.603. The summed E-state index contributed by atoms with van der Waals surface area (Å²) in [7, 11) is 6.65. The molecule has 0 saturated carbocycles. The van der Waals surface area contributed by atoms with Crippen LogP contribution in [0, 0.1) is 10.1 Å². The van der Waals surface area contributed by atoms with Crippen LogP contribution in [-0.2, 0) is 6.54 Å². The number of methoxy groups -OCH3 is 2. The molecule has 2 aromatic carbocycles. The van der Waals surface area contributed by atoms with Gasteiger partial charge >= 0.3 is 0 Å². The molecule has 0 spiro atoms. The SMILES string of the molecule is COc1cc(C(=O)NCc2ccc(N(C)C)cc2)c([N+](=O)[O-])cc1OC. The number of nitro benzene ring substituents is 1. The predicted octanol–water partition coefficient (Wildman–Crippen LogP) is 2.61. The number of ether oxygens (including phenoxy) is 2. The number of anilines is 1. The topological polar surface area (TPSA) is 93.9 Å². The molecule has 1 N–H and O–H groups in total. The number of nitrogens with zero attached hydrogens (tertiary/aromatic N) is 2. The summed E-state index contributed by atoms with van der Waals surface area (Å²) in [6.45, 7) is 0.248. The van der Waals surface area contributed by atoms with Crippen molar-refractivity contribution in [3.63, 3.8) is 0 Å². The van der Waals surface area contributed by atoms with Gasteiger partial charge in [0.15, 0.2) is 11.5 Å². The van der Waals surface area contributed by atoms with E-state index < -0.39 is 10.8 Å². The molecule has 0 aromatic heterocycles. The first kappa shape index (κ1) is 19.0. The average molecular weight is 359 g/mol. The van der Waals surface area contributed by atoms with Crippen LogP contribution in [0.1, 0.15) is 15.9 Å². The summed E-state index contributed by atoms with van der Waals surface area (Å²) in [5.74, 6) is -0.122. The minimum Gasteiger partial charge on any atom is -0.493 e. The lowest BCUT2D eigenvalue weighted by atomic mass is 10.1. The monoisotopic (exact) mass is 359 g/mol. The fourth-order valence-corrected chi connectivity index (χ4v) is 2.39. The number of nitrogens with one attached hydrogen (secondary N) is 1. The van der Waals surface area contributed by atoms with E-state index in [1.165, 1.54) is 26.4 Å². The Morgan fingerprint density at radius 3 is 2.19 bits per heavy atom. The molecule has 0 bridgehead atoms. The van der Waals surface area contributed by atoms with Crippen LogP contribution in [0.2, 0.25) is 0 Å². The zero-order valence-electron chi connectivity index (χ0n) is 15.1. The standard InChI is InChI=1S/C18H21N3O5/c1-20(2)13-7-5-12(6-8-13)11-19-18(22)14-9-16(25-3)17(26-4)10-15(14)21(23)24/h5-10H,11H2,1-4H3,(H,19,22).